The number of aliphatic carboxylic acids is 1. The van der Waals surface area contributed by atoms with Crippen molar-refractivity contribution in [3.8, 4) is 0 Å². The van der Waals surface area contributed by atoms with E-state index in [0.29, 0.717) is 0 Å². The van der Waals surface area contributed by atoms with Gasteiger partial charge in [-0.1, -0.05) is 0 Å². The van der Waals surface area contributed by atoms with Crippen LogP contribution in [0.25, 0.3) is 0 Å². The van der Waals surface area contributed by atoms with Gasteiger partial charge in [-0.25, -0.2) is 0 Å². The first-order chi connectivity index (χ1) is 6.60. The van der Waals surface area contributed by atoms with Crippen LogP contribution in [0.4, 0.5) is 0 Å². The summed E-state index contributed by atoms with van der Waals surface area (Å²) >= 11 is 0. The minimum absolute atomic E-state index is 0.458. The van der Waals surface area contributed by atoms with E-state index in [-0.39, 0.29) is 0 Å². The van der Waals surface area contributed by atoms with E-state index in [1.807, 2.05) is 6.92 Å². The van der Waals surface area contributed by atoms with Crippen LogP contribution in [0.3, 0.4) is 0 Å². The van der Waals surface area contributed by atoms with Crippen LogP contribution in [0.2, 0.25) is 0 Å². The van der Waals surface area contributed by atoms with Crippen LogP contribution in [-0.2, 0) is 4.79 Å². The summed E-state index contributed by atoms with van der Waals surface area (Å²) in [6.45, 7) is 5.03. The summed E-state index contributed by atoms with van der Waals surface area (Å²) in [6, 6.07) is 0. The average Bonchev–Trinajstić information content (AvgIpc) is 2.93. The molecule has 1 saturated heterocycles. The van der Waals surface area contributed by atoms with Crippen LogP contribution in [0.1, 0.15) is 32.6 Å². The van der Waals surface area contributed by atoms with Gasteiger partial charge in [0.25, 0.3) is 0 Å². The summed E-state index contributed by atoms with van der Waals surface area (Å²) in [4.78, 5) is 13.4. The highest BCUT2D eigenvalue weighted by Crippen LogP contribution is 2.34. The quantitative estimate of drug-likeness (QED) is 0.746. The minimum Gasteiger partial charge on any atom is -0.481 e. The highest BCUT2D eigenvalue weighted by Gasteiger charge is 2.37. The number of likely N-dealkylation sites (tertiary alicyclic amines) is 1. The van der Waals surface area contributed by atoms with Crippen LogP contribution >= 0.6 is 0 Å². The molecular weight excluding hydrogens is 178 g/mol. The number of hydrogen-bond donors (Lipinski definition) is 1. The predicted molar refractivity (Wildman–Crippen MR) is 54.1 cm³/mol. The summed E-state index contributed by atoms with van der Waals surface area (Å²) in [5, 5.41) is 9.06. The SMILES string of the molecule is CC1(C(=O)O)CCN(CC2CC2)CC1. The third-order valence-electron chi connectivity index (χ3n) is 3.69. The van der Waals surface area contributed by atoms with Gasteiger partial charge in [-0.2, -0.15) is 0 Å². The number of hydrogen-bond acceptors (Lipinski definition) is 2. The Kier molecular flexibility index (Phi) is 2.52. The molecule has 0 atom stereocenters. The molecular formula is C11H19NO2. The van der Waals surface area contributed by atoms with Gasteiger partial charge in [0, 0.05) is 6.54 Å². The van der Waals surface area contributed by atoms with Gasteiger partial charge in [0.15, 0.2) is 0 Å². The number of piperidine rings is 1. The van der Waals surface area contributed by atoms with Gasteiger partial charge in [-0.15, -0.1) is 0 Å². The van der Waals surface area contributed by atoms with Crippen molar-refractivity contribution in [3.63, 3.8) is 0 Å². The monoisotopic (exact) mass is 197 g/mol. The fraction of sp³-hybridized carbons (Fsp3) is 0.909. The van der Waals surface area contributed by atoms with E-state index in [1.165, 1.54) is 19.4 Å². The Labute approximate surface area is 85.1 Å². The van der Waals surface area contributed by atoms with Gasteiger partial charge in [-0.3, -0.25) is 4.79 Å². The van der Waals surface area contributed by atoms with E-state index in [4.69, 9.17) is 5.11 Å². The Morgan fingerprint density at radius 1 is 1.43 bits per heavy atom. The van der Waals surface area contributed by atoms with Crippen molar-refractivity contribution in [2.24, 2.45) is 11.3 Å². The van der Waals surface area contributed by atoms with Crippen LogP contribution < -0.4 is 0 Å². The van der Waals surface area contributed by atoms with Gasteiger partial charge < -0.3 is 10.0 Å². The van der Waals surface area contributed by atoms with Crippen molar-refractivity contribution in [2.75, 3.05) is 19.6 Å². The van der Waals surface area contributed by atoms with Gasteiger partial charge in [-0.05, 0) is 51.6 Å². The smallest absolute Gasteiger partial charge is 0.309 e. The van der Waals surface area contributed by atoms with E-state index in [9.17, 15) is 4.79 Å². The van der Waals surface area contributed by atoms with Crippen LogP contribution in [0.5, 0.6) is 0 Å². The number of carbonyl (C=O) groups is 1. The Bertz CT molecular complexity index is 227. The highest BCUT2D eigenvalue weighted by molar-refractivity contribution is 5.74. The zero-order chi connectivity index (χ0) is 10.2. The largest absolute Gasteiger partial charge is 0.481 e. The molecule has 14 heavy (non-hydrogen) atoms. The second-order valence-corrected chi connectivity index (χ2v) is 5.11. The molecule has 0 aromatic heterocycles. The van der Waals surface area contributed by atoms with Crippen molar-refractivity contribution >= 4 is 5.97 Å². The van der Waals surface area contributed by atoms with E-state index < -0.39 is 11.4 Å². The molecule has 0 spiro atoms. The lowest BCUT2D eigenvalue weighted by Crippen LogP contribution is -2.43. The van der Waals surface area contributed by atoms with Gasteiger partial charge >= 0.3 is 5.97 Å². The number of carboxylic acid groups (broad SMARTS) is 1. The maximum Gasteiger partial charge on any atom is 0.309 e. The molecule has 1 aliphatic carbocycles. The molecule has 80 valence electrons. The lowest BCUT2D eigenvalue weighted by atomic mass is 9.80. The number of carboxylic acids is 1. The summed E-state index contributed by atoms with van der Waals surface area (Å²) in [6.07, 6.45) is 4.39. The molecule has 1 N–H and O–H groups in total. The zero-order valence-corrected chi connectivity index (χ0v) is 8.83. The second-order valence-electron chi connectivity index (χ2n) is 5.11. The third kappa shape index (κ3) is 2.08. The van der Waals surface area contributed by atoms with Crippen molar-refractivity contribution in [2.45, 2.75) is 32.6 Å². The molecule has 2 fully saturated rings. The molecule has 0 unspecified atom stereocenters. The van der Waals surface area contributed by atoms with Gasteiger partial charge in [0.05, 0.1) is 5.41 Å². The Morgan fingerprint density at radius 2 is 2.00 bits per heavy atom. The fourth-order valence-electron chi connectivity index (χ4n) is 2.11. The molecule has 3 nitrogen and oxygen atoms in total. The first-order valence-corrected chi connectivity index (χ1v) is 5.56. The molecule has 0 radical (unpaired) electrons. The van der Waals surface area contributed by atoms with E-state index in [2.05, 4.69) is 4.90 Å². The van der Waals surface area contributed by atoms with Crippen molar-refractivity contribution in [1.82, 2.24) is 4.90 Å². The molecule has 2 rings (SSSR count). The zero-order valence-electron chi connectivity index (χ0n) is 8.83. The molecule has 0 bridgehead atoms. The van der Waals surface area contributed by atoms with Crippen molar-refractivity contribution < 1.29 is 9.90 Å². The predicted octanol–water partition coefficient (Wildman–Crippen LogP) is 1.58. The summed E-state index contributed by atoms with van der Waals surface area (Å²) < 4.78 is 0. The molecule has 3 heteroatoms. The Morgan fingerprint density at radius 3 is 2.43 bits per heavy atom. The van der Waals surface area contributed by atoms with E-state index >= 15 is 0 Å². The standard InChI is InChI=1S/C11H19NO2/c1-11(10(13)14)4-6-12(7-5-11)8-9-2-3-9/h9H,2-8H2,1H3,(H,13,14). The van der Waals surface area contributed by atoms with Crippen molar-refractivity contribution in [3.05, 3.63) is 0 Å². The van der Waals surface area contributed by atoms with Crippen molar-refractivity contribution in [1.29, 1.82) is 0 Å². The van der Waals surface area contributed by atoms with E-state index in [0.717, 1.165) is 31.8 Å². The number of nitrogens with zero attached hydrogens (tertiary/aromatic N) is 1. The maximum atomic E-state index is 11.0. The summed E-state index contributed by atoms with van der Waals surface area (Å²) in [7, 11) is 0. The molecule has 1 aliphatic heterocycles. The minimum atomic E-state index is -0.622. The Balaban J connectivity index is 1.81. The topological polar surface area (TPSA) is 40.5 Å². The fourth-order valence-corrected chi connectivity index (χ4v) is 2.11. The van der Waals surface area contributed by atoms with E-state index in [1.54, 1.807) is 0 Å². The first-order valence-electron chi connectivity index (χ1n) is 5.56. The molecule has 2 aliphatic rings. The molecule has 0 aromatic carbocycles. The summed E-state index contributed by atoms with van der Waals surface area (Å²) in [5.41, 5.74) is -0.458. The van der Waals surface area contributed by atoms with Crippen LogP contribution in [0.15, 0.2) is 0 Å². The van der Waals surface area contributed by atoms with Gasteiger partial charge in [0.1, 0.15) is 0 Å². The molecule has 0 amide bonds. The van der Waals surface area contributed by atoms with Crippen LogP contribution in [0, 0.1) is 11.3 Å². The molecule has 1 saturated carbocycles. The normalized spacial score (nSPS) is 27.5. The molecule has 0 aromatic rings. The Hall–Kier alpha value is -0.570. The third-order valence-corrected chi connectivity index (χ3v) is 3.69. The average molecular weight is 197 g/mol. The van der Waals surface area contributed by atoms with Crippen LogP contribution in [-0.4, -0.2) is 35.6 Å². The summed E-state index contributed by atoms with van der Waals surface area (Å²) in [5.74, 6) is 0.299. The highest BCUT2D eigenvalue weighted by atomic mass is 16.4. The van der Waals surface area contributed by atoms with Gasteiger partial charge in [0.2, 0.25) is 0 Å². The maximum absolute atomic E-state index is 11.0. The lowest BCUT2D eigenvalue weighted by molar-refractivity contribution is -0.150. The second kappa shape index (κ2) is 3.54. The lowest BCUT2D eigenvalue weighted by Gasteiger charge is -2.36. The first kappa shape index (κ1) is 9.97. The molecule has 1 heterocycles. The number of rotatable bonds is 3.